The molecule has 6 heteroatoms. The van der Waals surface area contributed by atoms with Crippen molar-refractivity contribution < 1.29 is 4.74 Å². The van der Waals surface area contributed by atoms with Gasteiger partial charge in [-0.05, 0) is 12.1 Å². The Morgan fingerprint density at radius 2 is 2.10 bits per heavy atom. The minimum absolute atomic E-state index is 0.433. The average Bonchev–Trinajstić information content (AvgIpc) is 2.48. The van der Waals surface area contributed by atoms with Gasteiger partial charge in [0.25, 0.3) is 0 Å². The van der Waals surface area contributed by atoms with E-state index < -0.39 is 0 Å². The maximum Gasteiger partial charge on any atom is 0.135 e. The summed E-state index contributed by atoms with van der Waals surface area (Å²) in [5.74, 6) is 2.13. The van der Waals surface area contributed by atoms with Gasteiger partial charge in [0.15, 0.2) is 0 Å². The predicted molar refractivity (Wildman–Crippen MR) is 77.0 cm³/mol. The van der Waals surface area contributed by atoms with Gasteiger partial charge in [-0.25, -0.2) is 9.97 Å². The highest BCUT2D eigenvalue weighted by Gasteiger charge is 2.00. The van der Waals surface area contributed by atoms with Gasteiger partial charge in [0.05, 0.1) is 19.6 Å². The van der Waals surface area contributed by atoms with E-state index in [-0.39, 0.29) is 0 Å². The normalized spacial score (nSPS) is 9.60. The Hall–Kier alpha value is -2.81. The van der Waals surface area contributed by atoms with E-state index in [9.17, 15) is 0 Å². The lowest BCUT2D eigenvalue weighted by molar-refractivity contribution is 0.415. The quantitative estimate of drug-likeness (QED) is 0.784. The molecule has 102 valence electrons. The van der Waals surface area contributed by atoms with Gasteiger partial charge in [0, 0.05) is 24.4 Å². The summed E-state index contributed by atoms with van der Waals surface area (Å²) in [6.07, 6.45) is 1.90. The second-order valence-corrected chi connectivity index (χ2v) is 3.98. The van der Waals surface area contributed by atoms with E-state index in [1.165, 1.54) is 6.33 Å². The highest BCUT2D eigenvalue weighted by Crippen LogP contribution is 2.20. The molecule has 2 aromatic rings. The van der Waals surface area contributed by atoms with Crippen molar-refractivity contribution in [1.29, 1.82) is 5.26 Å². The zero-order valence-electron chi connectivity index (χ0n) is 11.1. The Balaban J connectivity index is 2.05. The Kier molecular flexibility index (Phi) is 4.73. The van der Waals surface area contributed by atoms with E-state index in [0.29, 0.717) is 24.6 Å². The van der Waals surface area contributed by atoms with Crippen LogP contribution in [0.25, 0.3) is 0 Å². The molecule has 2 rings (SSSR count). The molecule has 1 heterocycles. The highest BCUT2D eigenvalue weighted by molar-refractivity contribution is 5.60. The van der Waals surface area contributed by atoms with Crippen LogP contribution in [0, 0.1) is 11.3 Å². The highest BCUT2D eigenvalue weighted by atomic mass is 16.5. The lowest BCUT2D eigenvalue weighted by Crippen LogP contribution is -2.03. The third-order valence-electron chi connectivity index (χ3n) is 2.55. The first kappa shape index (κ1) is 13.6. The van der Waals surface area contributed by atoms with Crippen LogP contribution in [0.4, 0.5) is 17.3 Å². The van der Waals surface area contributed by atoms with Crippen molar-refractivity contribution in [3.8, 4) is 11.8 Å². The number of anilines is 3. The summed E-state index contributed by atoms with van der Waals surface area (Å²) in [5, 5.41) is 14.7. The van der Waals surface area contributed by atoms with Gasteiger partial charge in [0.2, 0.25) is 0 Å². The predicted octanol–water partition coefficient (Wildman–Crippen LogP) is 2.55. The topological polar surface area (TPSA) is 82.9 Å². The molecule has 0 aliphatic heterocycles. The second kappa shape index (κ2) is 6.95. The molecule has 0 saturated carbocycles. The molecule has 0 aliphatic rings. The summed E-state index contributed by atoms with van der Waals surface area (Å²) in [7, 11) is 1.63. The molecule has 0 unspecified atom stereocenters. The maximum absolute atomic E-state index is 8.50. The van der Waals surface area contributed by atoms with Crippen molar-refractivity contribution in [3.63, 3.8) is 0 Å². The third kappa shape index (κ3) is 3.85. The number of hydrogen-bond acceptors (Lipinski definition) is 6. The van der Waals surface area contributed by atoms with E-state index in [4.69, 9.17) is 10.00 Å². The number of aromatic nitrogens is 2. The number of nitrogens with zero attached hydrogens (tertiary/aromatic N) is 3. The fourth-order valence-corrected chi connectivity index (χ4v) is 1.62. The van der Waals surface area contributed by atoms with Crippen LogP contribution in [0.2, 0.25) is 0 Å². The van der Waals surface area contributed by atoms with E-state index in [1.807, 2.05) is 24.3 Å². The first-order valence-corrected chi connectivity index (χ1v) is 6.16. The Morgan fingerprint density at radius 1 is 1.25 bits per heavy atom. The molecular formula is C14H15N5O. The van der Waals surface area contributed by atoms with Crippen LogP contribution < -0.4 is 15.4 Å². The Morgan fingerprint density at radius 3 is 2.90 bits per heavy atom. The molecule has 0 saturated heterocycles. The fraction of sp³-hybridized carbons (Fsp3) is 0.214. The van der Waals surface area contributed by atoms with Crippen LogP contribution >= 0.6 is 0 Å². The van der Waals surface area contributed by atoms with Crippen molar-refractivity contribution in [2.45, 2.75) is 6.42 Å². The minimum Gasteiger partial charge on any atom is -0.497 e. The first-order chi connectivity index (χ1) is 9.81. The lowest BCUT2D eigenvalue weighted by Gasteiger charge is -2.08. The van der Waals surface area contributed by atoms with Crippen LogP contribution in [0.5, 0.6) is 5.75 Å². The van der Waals surface area contributed by atoms with Crippen molar-refractivity contribution in [2.24, 2.45) is 0 Å². The number of nitrogens with one attached hydrogen (secondary N) is 2. The molecule has 0 bridgehead atoms. The maximum atomic E-state index is 8.50. The van der Waals surface area contributed by atoms with E-state index >= 15 is 0 Å². The average molecular weight is 269 g/mol. The molecule has 0 aliphatic carbocycles. The number of nitriles is 1. The fourth-order valence-electron chi connectivity index (χ4n) is 1.62. The van der Waals surface area contributed by atoms with Crippen molar-refractivity contribution in [2.75, 3.05) is 24.3 Å². The summed E-state index contributed by atoms with van der Waals surface area (Å²) in [6.45, 7) is 0.562. The zero-order valence-corrected chi connectivity index (χ0v) is 11.1. The number of ether oxygens (including phenoxy) is 1. The Labute approximate surface area is 117 Å². The summed E-state index contributed by atoms with van der Waals surface area (Å²) < 4.78 is 5.17. The molecule has 2 N–H and O–H groups in total. The number of benzene rings is 1. The number of methoxy groups -OCH3 is 1. The van der Waals surface area contributed by atoms with Crippen LogP contribution in [0.3, 0.4) is 0 Å². The van der Waals surface area contributed by atoms with Crippen molar-refractivity contribution >= 4 is 17.3 Å². The summed E-state index contributed by atoms with van der Waals surface area (Å²) in [4.78, 5) is 8.24. The van der Waals surface area contributed by atoms with Gasteiger partial charge < -0.3 is 15.4 Å². The number of hydrogen-bond donors (Lipinski definition) is 2. The summed E-state index contributed by atoms with van der Waals surface area (Å²) in [6, 6.07) is 11.4. The van der Waals surface area contributed by atoms with Crippen LogP contribution in [0.15, 0.2) is 36.7 Å². The monoisotopic (exact) mass is 269 g/mol. The zero-order chi connectivity index (χ0) is 14.2. The lowest BCUT2D eigenvalue weighted by atomic mass is 10.3. The molecule has 6 nitrogen and oxygen atoms in total. The SMILES string of the molecule is COc1cccc(Nc2cc(NCCC#N)ncn2)c1. The smallest absolute Gasteiger partial charge is 0.135 e. The van der Waals surface area contributed by atoms with Crippen LogP contribution in [0.1, 0.15) is 6.42 Å². The van der Waals surface area contributed by atoms with Gasteiger partial charge in [-0.3, -0.25) is 0 Å². The minimum atomic E-state index is 0.433. The Bertz CT molecular complexity index is 609. The molecule has 0 amide bonds. The van der Waals surface area contributed by atoms with Crippen molar-refractivity contribution in [1.82, 2.24) is 9.97 Å². The van der Waals surface area contributed by atoms with E-state index in [0.717, 1.165) is 11.4 Å². The van der Waals surface area contributed by atoms with Crippen LogP contribution in [-0.4, -0.2) is 23.6 Å². The van der Waals surface area contributed by atoms with Gasteiger partial charge in [-0.1, -0.05) is 6.07 Å². The standard InChI is InChI=1S/C14H15N5O/c1-20-12-5-2-4-11(8-12)19-14-9-13(17-10-18-14)16-7-3-6-15/h2,4-5,8-10H,3,7H2,1H3,(H2,16,17,18,19). The first-order valence-electron chi connectivity index (χ1n) is 6.16. The number of rotatable bonds is 6. The van der Waals surface area contributed by atoms with Gasteiger partial charge in [-0.2, -0.15) is 5.26 Å². The molecule has 1 aromatic heterocycles. The van der Waals surface area contributed by atoms with Gasteiger partial charge >= 0.3 is 0 Å². The molecule has 0 fully saturated rings. The van der Waals surface area contributed by atoms with E-state index in [2.05, 4.69) is 26.7 Å². The summed E-state index contributed by atoms with van der Waals surface area (Å²) in [5.41, 5.74) is 0.881. The molecule has 0 spiro atoms. The molecule has 0 radical (unpaired) electrons. The van der Waals surface area contributed by atoms with Crippen molar-refractivity contribution in [3.05, 3.63) is 36.7 Å². The molecule has 1 aromatic carbocycles. The second-order valence-electron chi connectivity index (χ2n) is 3.98. The molecule has 0 atom stereocenters. The molecule has 20 heavy (non-hydrogen) atoms. The summed E-state index contributed by atoms with van der Waals surface area (Å²) >= 11 is 0. The van der Waals surface area contributed by atoms with Gasteiger partial charge in [-0.15, -0.1) is 0 Å². The largest absolute Gasteiger partial charge is 0.497 e. The van der Waals surface area contributed by atoms with Crippen LogP contribution in [-0.2, 0) is 0 Å². The molecular weight excluding hydrogens is 254 g/mol. The van der Waals surface area contributed by atoms with E-state index in [1.54, 1.807) is 13.2 Å². The van der Waals surface area contributed by atoms with Gasteiger partial charge in [0.1, 0.15) is 23.7 Å². The third-order valence-corrected chi connectivity index (χ3v) is 2.55.